The van der Waals surface area contributed by atoms with Crippen LogP contribution in [0.2, 0.25) is 0 Å². The summed E-state index contributed by atoms with van der Waals surface area (Å²) in [4.78, 5) is 15.9. The Morgan fingerprint density at radius 2 is 2.47 bits per heavy atom. The van der Waals surface area contributed by atoms with Crippen LogP contribution < -0.4 is 5.32 Å². The average molecular weight is 299 g/mol. The molecular weight excluding hydrogens is 284 g/mol. The number of carbonyl (C=O) groups excluding carboxylic acids is 1. The quantitative estimate of drug-likeness (QED) is 0.930. The maximum absolute atomic E-state index is 11.9. The summed E-state index contributed by atoms with van der Waals surface area (Å²) in [5, 5.41) is 2.94. The lowest BCUT2D eigenvalue weighted by Crippen LogP contribution is -2.40. The van der Waals surface area contributed by atoms with Crippen LogP contribution in [0.1, 0.15) is 30.1 Å². The van der Waals surface area contributed by atoms with E-state index >= 15 is 0 Å². The molecule has 1 aromatic rings. The third-order valence-electron chi connectivity index (χ3n) is 2.85. The maximum Gasteiger partial charge on any atom is 0.253 e. The summed E-state index contributed by atoms with van der Waals surface area (Å²) in [6.07, 6.45) is 5.43. The van der Waals surface area contributed by atoms with E-state index in [2.05, 4.69) is 26.2 Å². The molecular formula is C12H15BrN2O2. The van der Waals surface area contributed by atoms with Gasteiger partial charge in [-0.15, -0.1) is 0 Å². The maximum atomic E-state index is 11.9. The second-order valence-corrected chi connectivity index (χ2v) is 5.12. The lowest BCUT2D eigenvalue weighted by Gasteiger charge is -2.19. The molecule has 1 aromatic heterocycles. The standard InChI is InChI=1S/C12H15BrN2O2/c1-8(11-3-2-4-17-11)15-12(16)9-5-10(13)7-14-6-9/h5-8,11H,2-4H2,1H3,(H,15,16). The lowest BCUT2D eigenvalue weighted by molar-refractivity contribution is 0.0712. The topological polar surface area (TPSA) is 51.2 Å². The van der Waals surface area contributed by atoms with Crippen LogP contribution >= 0.6 is 15.9 Å². The zero-order valence-corrected chi connectivity index (χ0v) is 11.2. The minimum absolute atomic E-state index is 0.0315. The monoisotopic (exact) mass is 298 g/mol. The summed E-state index contributed by atoms with van der Waals surface area (Å²) in [5.74, 6) is -0.109. The summed E-state index contributed by atoms with van der Waals surface area (Å²) in [7, 11) is 0. The number of halogens is 1. The van der Waals surface area contributed by atoms with Crippen LogP contribution in [0, 0.1) is 0 Å². The molecule has 0 radical (unpaired) electrons. The van der Waals surface area contributed by atoms with Crippen molar-refractivity contribution in [2.45, 2.75) is 31.9 Å². The number of nitrogens with zero attached hydrogens (tertiary/aromatic N) is 1. The largest absolute Gasteiger partial charge is 0.376 e. The van der Waals surface area contributed by atoms with Crippen LogP contribution in [0.25, 0.3) is 0 Å². The van der Waals surface area contributed by atoms with Gasteiger partial charge in [-0.1, -0.05) is 0 Å². The fourth-order valence-corrected chi connectivity index (χ4v) is 2.28. The van der Waals surface area contributed by atoms with Crippen LogP contribution in [0.5, 0.6) is 0 Å². The van der Waals surface area contributed by atoms with Crippen molar-refractivity contribution in [3.05, 3.63) is 28.5 Å². The Hall–Kier alpha value is -0.940. The minimum atomic E-state index is -0.109. The zero-order chi connectivity index (χ0) is 12.3. The fourth-order valence-electron chi connectivity index (χ4n) is 1.92. The Morgan fingerprint density at radius 1 is 1.65 bits per heavy atom. The molecule has 1 aliphatic heterocycles. The number of hydrogen-bond acceptors (Lipinski definition) is 3. The fraction of sp³-hybridized carbons (Fsp3) is 0.500. The number of hydrogen-bond donors (Lipinski definition) is 1. The number of nitrogens with one attached hydrogen (secondary N) is 1. The van der Waals surface area contributed by atoms with Gasteiger partial charge in [0, 0.05) is 23.5 Å². The molecule has 1 N–H and O–H groups in total. The van der Waals surface area contributed by atoms with Crippen molar-refractivity contribution >= 4 is 21.8 Å². The molecule has 2 unspecified atom stereocenters. The molecule has 0 aromatic carbocycles. The van der Waals surface area contributed by atoms with Gasteiger partial charge in [-0.25, -0.2) is 0 Å². The van der Waals surface area contributed by atoms with Crippen molar-refractivity contribution in [2.24, 2.45) is 0 Å². The number of carbonyl (C=O) groups is 1. The molecule has 1 aliphatic rings. The molecule has 1 fully saturated rings. The second kappa shape index (κ2) is 5.60. The summed E-state index contributed by atoms with van der Waals surface area (Å²) in [6.45, 7) is 2.77. The van der Waals surface area contributed by atoms with Crippen LogP contribution in [0.4, 0.5) is 0 Å². The summed E-state index contributed by atoms with van der Waals surface area (Å²) in [6, 6.07) is 1.79. The predicted molar refractivity (Wildman–Crippen MR) is 67.8 cm³/mol. The van der Waals surface area contributed by atoms with Gasteiger partial charge in [0.05, 0.1) is 17.7 Å². The molecule has 0 aliphatic carbocycles. The number of aromatic nitrogens is 1. The van der Waals surface area contributed by atoms with Crippen molar-refractivity contribution in [2.75, 3.05) is 6.61 Å². The van der Waals surface area contributed by atoms with Gasteiger partial charge in [0.25, 0.3) is 5.91 Å². The van der Waals surface area contributed by atoms with E-state index in [9.17, 15) is 4.79 Å². The molecule has 2 atom stereocenters. The van der Waals surface area contributed by atoms with Crippen LogP contribution in [-0.2, 0) is 4.74 Å². The van der Waals surface area contributed by atoms with Crippen molar-refractivity contribution < 1.29 is 9.53 Å². The molecule has 92 valence electrons. The number of rotatable bonds is 3. The summed E-state index contributed by atoms with van der Waals surface area (Å²) >= 11 is 3.30. The van der Waals surface area contributed by atoms with Gasteiger partial charge < -0.3 is 10.1 Å². The van der Waals surface area contributed by atoms with Gasteiger partial charge in [-0.3, -0.25) is 9.78 Å². The second-order valence-electron chi connectivity index (χ2n) is 4.21. The molecule has 2 rings (SSSR count). The van der Waals surface area contributed by atoms with E-state index in [-0.39, 0.29) is 18.1 Å². The predicted octanol–water partition coefficient (Wildman–Crippen LogP) is 2.14. The number of ether oxygens (including phenoxy) is 1. The van der Waals surface area contributed by atoms with Crippen molar-refractivity contribution in [3.8, 4) is 0 Å². The van der Waals surface area contributed by atoms with E-state index in [1.54, 1.807) is 18.5 Å². The van der Waals surface area contributed by atoms with Gasteiger partial charge in [0.2, 0.25) is 0 Å². The average Bonchev–Trinajstić information content (AvgIpc) is 2.82. The first-order valence-corrected chi connectivity index (χ1v) is 6.49. The normalized spacial score (nSPS) is 21.2. The third-order valence-corrected chi connectivity index (χ3v) is 3.28. The van der Waals surface area contributed by atoms with Gasteiger partial charge >= 0.3 is 0 Å². The van der Waals surface area contributed by atoms with E-state index in [0.717, 1.165) is 23.9 Å². The Bertz CT molecular complexity index is 405. The Labute approximate surface area is 109 Å². The van der Waals surface area contributed by atoms with E-state index in [1.165, 1.54) is 0 Å². The molecule has 17 heavy (non-hydrogen) atoms. The summed E-state index contributed by atoms with van der Waals surface area (Å²) in [5.41, 5.74) is 0.559. The van der Waals surface area contributed by atoms with Crippen LogP contribution in [0.3, 0.4) is 0 Å². The Morgan fingerprint density at radius 3 is 3.12 bits per heavy atom. The van der Waals surface area contributed by atoms with E-state index in [4.69, 9.17) is 4.74 Å². The molecule has 0 saturated carbocycles. The first-order chi connectivity index (χ1) is 8.16. The van der Waals surface area contributed by atoms with Gasteiger partial charge in [-0.05, 0) is 41.8 Å². The Balaban J connectivity index is 1.96. The van der Waals surface area contributed by atoms with E-state index in [0.29, 0.717) is 5.56 Å². The number of pyridine rings is 1. The first-order valence-electron chi connectivity index (χ1n) is 5.70. The molecule has 0 bridgehead atoms. The molecule has 1 amide bonds. The minimum Gasteiger partial charge on any atom is -0.376 e. The highest BCUT2D eigenvalue weighted by Crippen LogP contribution is 2.16. The smallest absolute Gasteiger partial charge is 0.253 e. The molecule has 2 heterocycles. The highest BCUT2D eigenvalue weighted by molar-refractivity contribution is 9.10. The zero-order valence-electron chi connectivity index (χ0n) is 9.65. The summed E-state index contributed by atoms with van der Waals surface area (Å²) < 4.78 is 6.34. The lowest BCUT2D eigenvalue weighted by atomic mass is 10.1. The van der Waals surface area contributed by atoms with Crippen LogP contribution in [-0.4, -0.2) is 29.6 Å². The third kappa shape index (κ3) is 3.26. The van der Waals surface area contributed by atoms with Gasteiger partial charge in [0.1, 0.15) is 0 Å². The Kier molecular flexibility index (Phi) is 4.12. The SMILES string of the molecule is CC(NC(=O)c1cncc(Br)c1)C1CCCO1. The molecule has 0 spiro atoms. The number of amides is 1. The van der Waals surface area contributed by atoms with E-state index < -0.39 is 0 Å². The van der Waals surface area contributed by atoms with Crippen molar-refractivity contribution in [1.29, 1.82) is 0 Å². The van der Waals surface area contributed by atoms with Crippen molar-refractivity contribution in [3.63, 3.8) is 0 Å². The molecule has 1 saturated heterocycles. The molecule has 4 nitrogen and oxygen atoms in total. The first kappa shape index (κ1) is 12.5. The van der Waals surface area contributed by atoms with Gasteiger partial charge in [0.15, 0.2) is 0 Å². The van der Waals surface area contributed by atoms with Crippen LogP contribution in [0.15, 0.2) is 22.9 Å². The van der Waals surface area contributed by atoms with Gasteiger partial charge in [-0.2, -0.15) is 0 Å². The van der Waals surface area contributed by atoms with E-state index in [1.807, 2.05) is 6.92 Å². The molecule has 5 heteroatoms. The highest BCUT2D eigenvalue weighted by atomic mass is 79.9. The van der Waals surface area contributed by atoms with Crippen molar-refractivity contribution in [1.82, 2.24) is 10.3 Å². The highest BCUT2D eigenvalue weighted by Gasteiger charge is 2.23.